The van der Waals surface area contributed by atoms with E-state index in [0.29, 0.717) is 23.3 Å². The third kappa shape index (κ3) is 2.97. The monoisotopic (exact) mass is 313 g/mol. The molecule has 22 heavy (non-hydrogen) atoms. The van der Waals surface area contributed by atoms with Crippen molar-refractivity contribution in [2.24, 2.45) is 0 Å². The van der Waals surface area contributed by atoms with Crippen LogP contribution in [0.4, 0.5) is 5.69 Å². The number of halogens is 1. The van der Waals surface area contributed by atoms with E-state index in [1.807, 2.05) is 24.3 Å². The first kappa shape index (κ1) is 14.6. The second kappa shape index (κ2) is 6.20. The van der Waals surface area contributed by atoms with Gasteiger partial charge in [0, 0.05) is 5.69 Å². The molecule has 0 spiro atoms. The van der Waals surface area contributed by atoms with E-state index >= 15 is 0 Å². The zero-order valence-electron chi connectivity index (χ0n) is 12.4. The number of hydrogen-bond donors (Lipinski definition) is 1. The maximum absolute atomic E-state index is 6.14. The molecule has 1 heterocycles. The van der Waals surface area contributed by atoms with E-state index in [4.69, 9.17) is 16.0 Å². The van der Waals surface area contributed by atoms with Crippen molar-refractivity contribution >= 4 is 17.3 Å². The smallest absolute Gasteiger partial charge is 0.249 e. The molecule has 0 unspecified atom stereocenters. The minimum atomic E-state index is 0.434. The van der Waals surface area contributed by atoms with Gasteiger partial charge >= 0.3 is 0 Å². The minimum absolute atomic E-state index is 0.434. The van der Waals surface area contributed by atoms with Crippen molar-refractivity contribution in [1.29, 1.82) is 0 Å². The number of para-hydroxylation sites is 1. The second-order valence-electron chi connectivity index (χ2n) is 5.10. The molecular weight excluding hydrogens is 298 g/mol. The lowest BCUT2D eigenvalue weighted by Crippen LogP contribution is -2.03. The molecule has 0 aliphatic heterocycles. The van der Waals surface area contributed by atoms with Gasteiger partial charge in [0.2, 0.25) is 11.8 Å². The van der Waals surface area contributed by atoms with Crippen molar-refractivity contribution in [2.75, 3.05) is 5.32 Å². The highest BCUT2D eigenvalue weighted by Gasteiger charge is 2.11. The Labute approximate surface area is 134 Å². The van der Waals surface area contributed by atoms with Crippen LogP contribution in [0.3, 0.4) is 0 Å². The van der Waals surface area contributed by atoms with Gasteiger partial charge in [-0.1, -0.05) is 41.9 Å². The first-order chi connectivity index (χ1) is 10.6. The summed E-state index contributed by atoms with van der Waals surface area (Å²) in [7, 11) is 0. The summed E-state index contributed by atoms with van der Waals surface area (Å²) in [6.07, 6.45) is 0. The van der Waals surface area contributed by atoms with E-state index in [9.17, 15) is 0 Å². The quantitative estimate of drug-likeness (QED) is 0.763. The summed E-state index contributed by atoms with van der Waals surface area (Å²) < 4.78 is 5.68. The SMILES string of the molecule is Cc1cccc(C)c1NCc1nnc(-c2ccccc2Cl)o1. The van der Waals surface area contributed by atoms with Gasteiger partial charge in [0.25, 0.3) is 0 Å². The molecule has 4 nitrogen and oxygen atoms in total. The summed E-state index contributed by atoms with van der Waals surface area (Å²) >= 11 is 6.14. The normalized spacial score (nSPS) is 10.7. The lowest BCUT2D eigenvalue weighted by atomic mass is 10.1. The van der Waals surface area contributed by atoms with Gasteiger partial charge in [0.05, 0.1) is 17.1 Å². The van der Waals surface area contributed by atoms with Crippen molar-refractivity contribution in [2.45, 2.75) is 20.4 Å². The van der Waals surface area contributed by atoms with Crippen LogP contribution in [0.25, 0.3) is 11.5 Å². The van der Waals surface area contributed by atoms with Gasteiger partial charge in [-0.25, -0.2) is 0 Å². The standard InChI is InChI=1S/C17H16ClN3O/c1-11-6-5-7-12(2)16(11)19-10-15-20-21-17(22-15)13-8-3-4-9-14(13)18/h3-9,19H,10H2,1-2H3. The average molecular weight is 314 g/mol. The Morgan fingerprint density at radius 2 is 1.73 bits per heavy atom. The molecule has 0 amide bonds. The van der Waals surface area contributed by atoms with E-state index in [2.05, 4.69) is 41.5 Å². The predicted octanol–water partition coefficient (Wildman–Crippen LogP) is 4.62. The molecule has 0 aliphatic rings. The number of aromatic nitrogens is 2. The Bertz CT molecular complexity index is 778. The highest BCUT2D eigenvalue weighted by molar-refractivity contribution is 6.33. The Kier molecular flexibility index (Phi) is 4.11. The van der Waals surface area contributed by atoms with Crippen LogP contribution < -0.4 is 5.32 Å². The maximum Gasteiger partial charge on any atom is 0.249 e. The number of aryl methyl sites for hydroxylation is 2. The van der Waals surface area contributed by atoms with Crippen molar-refractivity contribution < 1.29 is 4.42 Å². The fraction of sp³-hybridized carbons (Fsp3) is 0.176. The van der Waals surface area contributed by atoms with Crippen LogP contribution in [0, 0.1) is 13.8 Å². The summed E-state index contributed by atoms with van der Waals surface area (Å²) in [6.45, 7) is 4.61. The zero-order valence-corrected chi connectivity index (χ0v) is 13.2. The van der Waals surface area contributed by atoms with E-state index in [-0.39, 0.29) is 0 Å². The summed E-state index contributed by atoms with van der Waals surface area (Å²) in [5, 5.41) is 12.1. The van der Waals surface area contributed by atoms with Crippen LogP contribution >= 0.6 is 11.6 Å². The number of rotatable bonds is 4. The molecular formula is C17H16ClN3O. The van der Waals surface area contributed by atoms with Crippen molar-refractivity contribution in [3.05, 3.63) is 64.5 Å². The topological polar surface area (TPSA) is 51.0 Å². The maximum atomic E-state index is 6.14. The van der Waals surface area contributed by atoms with E-state index in [1.54, 1.807) is 6.07 Å². The molecule has 0 radical (unpaired) electrons. The molecule has 112 valence electrons. The van der Waals surface area contributed by atoms with Crippen LogP contribution in [0.15, 0.2) is 46.9 Å². The second-order valence-corrected chi connectivity index (χ2v) is 5.51. The van der Waals surface area contributed by atoms with E-state index < -0.39 is 0 Å². The summed E-state index contributed by atoms with van der Waals surface area (Å²) in [6, 6.07) is 13.6. The van der Waals surface area contributed by atoms with Gasteiger partial charge in [-0.3, -0.25) is 0 Å². The van der Waals surface area contributed by atoms with Crippen LogP contribution in [0.5, 0.6) is 0 Å². The predicted molar refractivity (Wildman–Crippen MR) is 88.0 cm³/mol. The molecule has 2 aromatic carbocycles. The number of nitrogens with one attached hydrogen (secondary N) is 1. The fourth-order valence-electron chi connectivity index (χ4n) is 2.33. The van der Waals surface area contributed by atoms with Crippen molar-refractivity contribution in [3.63, 3.8) is 0 Å². The third-order valence-electron chi connectivity index (χ3n) is 3.47. The molecule has 3 aromatic rings. The van der Waals surface area contributed by atoms with Gasteiger partial charge < -0.3 is 9.73 Å². The molecule has 0 bridgehead atoms. The Hall–Kier alpha value is -2.33. The number of anilines is 1. The molecule has 1 N–H and O–H groups in total. The molecule has 0 saturated carbocycles. The Morgan fingerprint density at radius 3 is 2.45 bits per heavy atom. The van der Waals surface area contributed by atoms with Gasteiger partial charge in [-0.15, -0.1) is 10.2 Å². The largest absolute Gasteiger partial charge is 0.419 e. The fourth-order valence-corrected chi connectivity index (χ4v) is 2.54. The Morgan fingerprint density at radius 1 is 1.00 bits per heavy atom. The van der Waals surface area contributed by atoms with Crippen LogP contribution in [0.1, 0.15) is 17.0 Å². The van der Waals surface area contributed by atoms with Gasteiger partial charge in [0.15, 0.2) is 0 Å². The number of benzene rings is 2. The number of hydrogen-bond acceptors (Lipinski definition) is 4. The van der Waals surface area contributed by atoms with Crippen LogP contribution in [0.2, 0.25) is 5.02 Å². The van der Waals surface area contributed by atoms with Crippen LogP contribution in [-0.2, 0) is 6.54 Å². The molecule has 0 aliphatic carbocycles. The molecule has 1 aromatic heterocycles. The molecule has 0 atom stereocenters. The number of nitrogens with zero attached hydrogens (tertiary/aromatic N) is 2. The lowest BCUT2D eigenvalue weighted by molar-refractivity contribution is 0.515. The highest BCUT2D eigenvalue weighted by atomic mass is 35.5. The highest BCUT2D eigenvalue weighted by Crippen LogP contribution is 2.26. The minimum Gasteiger partial charge on any atom is -0.419 e. The van der Waals surface area contributed by atoms with E-state index in [0.717, 1.165) is 11.3 Å². The third-order valence-corrected chi connectivity index (χ3v) is 3.80. The molecule has 0 fully saturated rings. The molecule has 5 heteroatoms. The molecule has 3 rings (SSSR count). The summed E-state index contributed by atoms with van der Waals surface area (Å²) in [5.74, 6) is 0.960. The first-order valence-electron chi connectivity index (χ1n) is 7.02. The summed E-state index contributed by atoms with van der Waals surface area (Å²) in [5.41, 5.74) is 4.21. The van der Waals surface area contributed by atoms with Gasteiger partial charge in [0.1, 0.15) is 0 Å². The zero-order chi connectivity index (χ0) is 15.5. The summed E-state index contributed by atoms with van der Waals surface area (Å²) in [4.78, 5) is 0. The van der Waals surface area contributed by atoms with Gasteiger partial charge in [-0.2, -0.15) is 0 Å². The average Bonchev–Trinajstić information content (AvgIpc) is 2.96. The first-order valence-corrected chi connectivity index (χ1v) is 7.40. The Balaban J connectivity index is 1.77. The van der Waals surface area contributed by atoms with Crippen molar-refractivity contribution in [3.8, 4) is 11.5 Å². The lowest BCUT2D eigenvalue weighted by Gasteiger charge is -2.10. The van der Waals surface area contributed by atoms with Crippen LogP contribution in [-0.4, -0.2) is 10.2 Å². The van der Waals surface area contributed by atoms with Crippen molar-refractivity contribution in [1.82, 2.24) is 10.2 Å². The van der Waals surface area contributed by atoms with Gasteiger partial charge in [-0.05, 0) is 37.1 Å². The molecule has 0 saturated heterocycles. The van der Waals surface area contributed by atoms with E-state index in [1.165, 1.54) is 11.1 Å².